The van der Waals surface area contributed by atoms with Crippen molar-refractivity contribution in [3.05, 3.63) is 36.1 Å². The van der Waals surface area contributed by atoms with Gasteiger partial charge < -0.3 is 18.9 Å². The number of amides is 2. The number of carbonyl (C=O) groups excluding carboxylic acids is 2. The van der Waals surface area contributed by atoms with E-state index in [-0.39, 0.29) is 11.8 Å². The molecule has 2 aromatic rings. The number of nitrogens with zero attached hydrogens (tertiary/aromatic N) is 2. The highest BCUT2D eigenvalue weighted by atomic mass is 19.4. The van der Waals surface area contributed by atoms with Gasteiger partial charge in [-0.1, -0.05) is 0 Å². The van der Waals surface area contributed by atoms with E-state index in [1.807, 2.05) is 5.32 Å². The van der Waals surface area contributed by atoms with Crippen LogP contribution in [0.1, 0.15) is 6.92 Å². The highest BCUT2D eigenvalue weighted by Crippen LogP contribution is 2.34. The molecule has 0 aliphatic heterocycles. The minimum absolute atomic E-state index is 0.0674. The highest BCUT2D eigenvalue weighted by Gasteiger charge is 2.66. The smallest absolute Gasteiger partial charge is 0.460 e. The van der Waals surface area contributed by atoms with Crippen molar-refractivity contribution in [2.75, 3.05) is 26.1 Å². The lowest BCUT2D eigenvalue weighted by Gasteiger charge is -2.33. The minimum Gasteiger partial charge on any atom is -0.481 e. The Morgan fingerprint density at radius 1 is 1.03 bits per heavy atom. The van der Waals surface area contributed by atoms with Crippen LogP contribution in [-0.2, 0) is 9.53 Å². The summed E-state index contributed by atoms with van der Waals surface area (Å²) >= 11 is 0. The van der Waals surface area contributed by atoms with Crippen LogP contribution in [0.4, 0.5) is 28.3 Å². The van der Waals surface area contributed by atoms with E-state index < -0.39 is 48.0 Å². The zero-order chi connectivity index (χ0) is 23.9. The quantitative estimate of drug-likeness (QED) is 0.349. The van der Waals surface area contributed by atoms with Gasteiger partial charge in [0.1, 0.15) is 11.6 Å². The molecule has 2 N–H and O–H groups in total. The summed E-state index contributed by atoms with van der Waals surface area (Å²) in [7, 11) is 2.50. The molecular weight excluding hydrogens is 444 g/mol. The number of anilines is 1. The first kappa shape index (κ1) is 24.4. The Balaban J connectivity index is 2.41. The van der Waals surface area contributed by atoms with Crippen molar-refractivity contribution in [1.29, 1.82) is 0 Å². The van der Waals surface area contributed by atoms with Gasteiger partial charge in [-0.3, -0.25) is 10.6 Å². The molecule has 14 heteroatoms. The molecule has 32 heavy (non-hydrogen) atoms. The number of ether oxygens (including phenoxy) is 4. The monoisotopic (exact) mass is 462 g/mol. The van der Waals surface area contributed by atoms with Gasteiger partial charge in [0.05, 0.1) is 26.9 Å². The molecule has 0 bridgehead atoms. The normalized spacial score (nSPS) is 12.8. The molecule has 0 radical (unpaired) electrons. The van der Waals surface area contributed by atoms with Gasteiger partial charge in [0.15, 0.2) is 0 Å². The molecule has 1 aromatic heterocycles. The Bertz CT molecular complexity index is 935. The maximum absolute atomic E-state index is 14.0. The van der Waals surface area contributed by atoms with Crippen LogP contribution in [0.5, 0.6) is 17.5 Å². The van der Waals surface area contributed by atoms with E-state index in [0.29, 0.717) is 0 Å². The van der Waals surface area contributed by atoms with Crippen molar-refractivity contribution < 1.29 is 46.1 Å². The standard InChI is InChI=1S/C18H18F4N4O6/c1-4-31-14(27)17(18(20,21)22,32-11-7-5-10(19)6-8-11)26-16(28)25-15-23-12(29-2)9-13(24-15)30-3/h5-9H,4H2,1-3H3,(H2,23,24,25,26,28)/t17-/m1/s1. The van der Waals surface area contributed by atoms with Gasteiger partial charge in [-0.05, 0) is 31.2 Å². The molecular formula is C18H18F4N4O6. The van der Waals surface area contributed by atoms with E-state index in [0.717, 1.165) is 24.3 Å². The zero-order valence-corrected chi connectivity index (χ0v) is 16.9. The topological polar surface area (TPSA) is 121 Å². The van der Waals surface area contributed by atoms with Crippen LogP contribution in [0.3, 0.4) is 0 Å². The highest BCUT2D eigenvalue weighted by molar-refractivity contribution is 5.93. The molecule has 0 fully saturated rings. The minimum atomic E-state index is -5.50. The van der Waals surface area contributed by atoms with Crippen LogP contribution in [0, 0.1) is 5.82 Å². The van der Waals surface area contributed by atoms with Crippen molar-refractivity contribution in [3.8, 4) is 17.5 Å². The van der Waals surface area contributed by atoms with Gasteiger partial charge in [0.2, 0.25) is 17.7 Å². The molecule has 174 valence electrons. The van der Waals surface area contributed by atoms with E-state index in [2.05, 4.69) is 14.7 Å². The Hall–Kier alpha value is -3.84. The molecule has 0 spiro atoms. The van der Waals surface area contributed by atoms with Gasteiger partial charge in [0, 0.05) is 0 Å². The van der Waals surface area contributed by atoms with Crippen molar-refractivity contribution in [2.24, 2.45) is 0 Å². The van der Waals surface area contributed by atoms with Gasteiger partial charge in [0.25, 0.3) is 0 Å². The SMILES string of the molecule is CCOC(=O)[C@@](NC(=O)Nc1nc(OC)cc(OC)n1)(Oc1ccc(F)cc1)C(F)(F)F. The fourth-order valence-electron chi connectivity index (χ4n) is 2.24. The van der Waals surface area contributed by atoms with E-state index >= 15 is 0 Å². The van der Waals surface area contributed by atoms with E-state index in [1.54, 1.807) is 0 Å². The first-order valence-electron chi connectivity index (χ1n) is 8.79. The van der Waals surface area contributed by atoms with Gasteiger partial charge in [-0.25, -0.2) is 14.0 Å². The summed E-state index contributed by atoms with van der Waals surface area (Å²) in [6, 6.07) is 2.96. The number of halogens is 4. The van der Waals surface area contributed by atoms with Crippen LogP contribution < -0.4 is 24.8 Å². The van der Waals surface area contributed by atoms with E-state index in [9.17, 15) is 27.2 Å². The zero-order valence-electron chi connectivity index (χ0n) is 16.9. The van der Waals surface area contributed by atoms with Gasteiger partial charge in [-0.2, -0.15) is 23.1 Å². The lowest BCUT2D eigenvalue weighted by Crippen LogP contribution is -2.69. The first-order chi connectivity index (χ1) is 15.0. The van der Waals surface area contributed by atoms with Crippen LogP contribution in [0.25, 0.3) is 0 Å². The third-order valence-electron chi connectivity index (χ3n) is 3.66. The van der Waals surface area contributed by atoms with Crippen LogP contribution >= 0.6 is 0 Å². The summed E-state index contributed by atoms with van der Waals surface area (Å²) in [5.74, 6) is -3.93. The van der Waals surface area contributed by atoms with Crippen LogP contribution in [0.15, 0.2) is 30.3 Å². The number of rotatable bonds is 8. The number of alkyl halides is 3. The molecule has 1 heterocycles. The molecule has 2 amide bonds. The molecule has 0 aliphatic rings. The lowest BCUT2D eigenvalue weighted by atomic mass is 10.2. The Morgan fingerprint density at radius 2 is 1.59 bits per heavy atom. The number of aromatic nitrogens is 2. The predicted molar refractivity (Wildman–Crippen MR) is 99.7 cm³/mol. The second-order valence-corrected chi connectivity index (χ2v) is 5.81. The second-order valence-electron chi connectivity index (χ2n) is 5.81. The van der Waals surface area contributed by atoms with Crippen LogP contribution in [-0.4, -0.2) is 54.7 Å². The summed E-state index contributed by atoms with van der Waals surface area (Å²) in [5, 5.41) is 3.34. The maximum atomic E-state index is 14.0. The van der Waals surface area contributed by atoms with Crippen LogP contribution in [0.2, 0.25) is 0 Å². The molecule has 1 aromatic carbocycles. The lowest BCUT2D eigenvalue weighted by molar-refractivity contribution is -0.259. The number of benzene rings is 1. The molecule has 1 atom stereocenters. The summed E-state index contributed by atoms with van der Waals surface area (Å²) in [5.41, 5.74) is -3.98. The fourth-order valence-corrected chi connectivity index (χ4v) is 2.24. The summed E-state index contributed by atoms with van der Waals surface area (Å²) in [6.07, 6.45) is -5.50. The van der Waals surface area contributed by atoms with Gasteiger partial charge in [-0.15, -0.1) is 0 Å². The summed E-state index contributed by atoms with van der Waals surface area (Å²) in [4.78, 5) is 32.2. The number of urea groups is 1. The van der Waals surface area contributed by atoms with Crippen molar-refractivity contribution in [1.82, 2.24) is 15.3 Å². The average Bonchev–Trinajstić information content (AvgIpc) is 2.73. The molecule has 10 nitrogen and oxygen atoms in total. The van der Waals surface area contributed by atoms with Crippen molar-refractivity contribution in [3.63, 3.8) is 0 Å². The number of methoxy groups -OCH3 is 2. The molecule has 0 aliphatic carbocycles. The third-order valence-corrected chi connectivity index (χ3v) is 3.66. The Morgan fingerprint density at radius 3 is 2.06 bits per heavy atom. The van der Waals surface area contributed by atoms with E-state index in [4.69, 9.17) is 14.2 Å². The Labute approximate surface area is 178 Å². The average molecular weight is 462 g/mol. The molecule has 0 saturated heterocycles. The molecule has 2 rings (SSSR count). The van der Waals surface area contributed by atoms with Crippen molar-refractivity contribution >= 4 is 17.9 Å². The van der Waals surface area contributed by atoms with E-state index in [1.165, 1.54) is 32.5 Å². The number of carbonyl (C=O) groups is 2. The van der Waals surface area contributed by atoms with Gasteiger partial charge >= 0.3 is 23.9 Å². The summed E-state index contributed by atoms with van der Waals surface area (Å²) in [6.45, 7) is 0.802. The third kappa shape index (κ3) is 5.65. The number of hydrogen-bond donors (Lipinski definition) is 2. The largest absolute Gasteiger partial charge is 0.481 e. The number of hydrogen-bond acceptors (Lipinski definition) is 8. The Kier molecular flexibility index (Phi) is 7.62. The summed E-state index contributed by atoms with van der Waals surface area (Å²) < 4.78 is 74.3. The molecule has 0 saturated carbocycles. The van der Waals surface area contributed by atoms with Crippen molar-refractivity contribution in [2.45, 2.75) is 18.8 Å². The molecule has 0 unspecified atom stereocenters. The number of nitrogens with one attached hydrogen (secondary N) is 2. The first-order valence-corrected chi connectivity index (χ1v) is 8.79. The fraction of sp³-hybridized carbons (Fsp3) is 0.333. The maximum Gasteiger partial charge on any atom is 0.460 e. The number of esters is 1. The predicted octanol–water partition coefficient (Wildman–Crippen LogP) is 2.66. The second kappa shape index (κ2) is 9.98.